The summed E-state index contributed by atoms with van der Waals surface area (Å²) < 4.78 is 16.2. The van der Waals surface area contributed by atoms with Crippen LogP contribution >= 0.6 is 0 Å². The van der Waals surface area contributed by atoms with Gasteiger partial charge < -0.3 is 19.5 Å². The lowest BCUT2D eigenvalue weighted by atomic mass is 9.89. The average molecular weight is 299 g/mol. The number of rotatable bonds is 4. The van der Waals surface area contributed by atoms with Gasteiger partial charge in [0.1, 0.15) is 17.2 Å². The standard InChI is InChI=1S/C18H21NO3/c1-20-13-6-4-12(5-7-13)18-16-10-14(21-2)11-17(22-3)15(16)8-9-19-18/h4-7,10-11,18-19H,8-9H2,1-3H3. The molecule has 0 spiro atoms. The summed E-state index contributed by atoms with van der Waals surface area (Å²) in [5.41, 5.74) is 3.67. The molecule has 0 aromatic heterocycles. The van der Waals surface area contributed by atoms with Gasteiger partial charge in [0, 0.05) is 18.2 Å². The van der Waals surface area contributed by atoms with E-state index in [9.17, 15) is 0 Å². The summed E-state index contributed by atoms with van der Waals surface area (Å²) in [5.74, 6) is 2.58. The fraction of sp³-hybridized carbons (Fsp3) is 0.333. The Morgan fingerprint density at radius 1 is 0.909 bits per heavy atom. The van der Waals surface area contributed by atoms with Crippen LogP contribution in [0, 0.1) is 0 Å². The van der Waals surface area contributed by atoms with E-state index in [0.717, 1.165) is 30.2 Å². The molecule has 116 valence electrons. The number of hydrogen-bond donors (Lipinski definition) is 1. The Labute approximate surface area is 131 Å². The third-order valence-electron chi connectivity index (χ3n) is 4.16. The predicted octanol–water partition coefficient (Wildman–Crippen LogP) is 2.95. The topological polar surface area (TPSA) is 39.7 Å². The van der Waals surface area contributed by atoms with Gasteiger partial charge in [0.15, 0.2) is 0 Å². The van der Waals surface area contributed by atoms with Crippen LogP contribution in [-0.2, 0) is 6.42 Å². The van der Waals surface area contributed by atoms with Crippen LogP contribution in [0.25, 0.3) is 0 Å². The van der Waals surface area contributed by atoms with E-state index in [4.69, 9.17) is 14.2 Å². The van der Waals surface area contributed by atoms with Crippen molar-refractivity contribution in [3.63, 3.8) is 0 Å². The van der Waals surface area contributed by atoms with E-state index < -0.39 is 0 Å². The van der Waals surface area contributed by atoms with Crippen molar-refractivity contribution in [2.75, 3.05) is 27.9 Å². The molecule has 4 nitrogen and oxygen atoms in total. The van der Waals surface area contributed by atoms with Crippen molar-refractivity contribution in [3.05, 3.63) is 53.1 Å². The maximum atomic E-state index is 5.55. The van der Waals surface area contributed by atoms with Crippen molar-refractivity contribution in [2.45, 2.75) is 12.5 Å². The lowest BCUT2D eigenvalue weighted by Crippen LogP contribution is -2.30. The van der Waals surface area contributed by atoms with Crippen molar-refractivity contribution < 1.29 is 14.2 Å². The zero-order chi connectivity index (χ0) is 15.5. The summed E-state index contributed by atoms with van der Waals surface area (Å²) in [6.07, 6.45) is 0.954. The van der Waals surface area contributed by atoms with Gasteiger partial charge in [-0.3, -0.25) is 0 Å². The van der Waals surface area contributed by atoms with Gasteiger partial charge >= 0.3 is 0 Å². The molecular formula is C18H21NO3. The molecule has 2 aromatic carbocycles. The van der Waals surface area contributed by atoms with Crippen LogP contribution in [0.15, 0.2) is 36.4 Å². The number of fused-ring (bicyclic) bond motifs is 1. The van der Waals surface area contributed by atoms with Gasteiger partial charge in [-0.1, -0.05) is 12.1 Å². The van der Waals surface area contributed by atoms with Crippen molar-refractivity contribution in [3.8, 4) is 17.2 Å². The Bertz CT molecular complexity index is 652. The second-order valence-corrected chi connectivity index (χ2v) is 5.31. The van der Waals surface area contributed by atoms with Crippen molar-refractivity contribution in [1.29, 1.82) is 0 Å². The highest BCUT2D eigenvalue weighted by Gasteiger charge is 2.25. The number of nitrogens with one attached hydrogen (secondary N) is 1. The highest BCUT2D eigenvalue weighted by Crippen LogP contribution is 2.37. The second-order valence-electron chi connectivity index (χ2n) is 5.31. The van der Waals surface area contributed by atoms with Crippen LogP contribution in [0.4, 0.5) is 0 Å². The van der Waals surface area contributed by atoms with Gasteiger partial charge in [-0.25, -0.2) is 0 Å². The van der Waals surface area contributed by atoms with Gasteiger partial charge in [-0.2, -0.15) is 0 Å². The van der Waals surface area contributed by atoms with Crippen molar-refractivity contribution in [1.82, 2.24) is 5.32 Å². The van der Waals surface area contributed by atoms with Gasteiger partial charge in [0.25, 0.3) is 0 Å². The zero-order valence-electron chi connectivity index (χ0n) is 13.2. The van der Waals surface area contributed by atoms with Gasteiger partial charge in [-0.15, -0.1) is 0 Å². The molecule has 0 amide bonds. The molecule has 1 aliphatic heterocycles. The molecule has 0 radical (unpaired) electrons. The number of benzene rings is 2. The van der Waals surface area contributed by atoms with Crippen LogP contribution in [0.3, 0.4) is 0 Å². The number of ether oxygens (including phenoxy) is 3. The minimum absolute atomic E-state index is 0.138. The summed E-state index contributed by atoms with van der Waals surface area (Å²) in [4.78, 5) is 0. The number of hydrogen-bond acceptors (Lipinski definition) is 4. The molecule has 3 rings (SSSR count). The fourth-order valence-corrected chi connectivity index (χ4v) is 3.01. The van der Waals surface area contributed by atoms with Crippen LogP contribution < -0.4 is 19.5 Å². The van der Waals surface area contributed by atoms with Gasteiger partial charge in [0.05, 0.1) is 27.4 Å². The lowest BCUT2D eigenvalue weighted by molar-refractivity contribution is 0.385. The van der Waals surface area contributed by atoms with Crippen LogP contribution in [0.2, 0.25) is 0 Å². The Kier molecular flexibility index (Phi) is 4.20. The van der Waals surface area contributed by atoms with Crippen LogP contribution in [-0.4, -0.2) is 27.9 Å². The molecule has 1 N–H and O–H groups in total. The average Bonchev–Trinajstić information content (AvgIpc) is 2.60. The monoisotopic (exact) mass is 299 g/mol. The summed E-state index contributed by atoms with van der Waals surface area (Å²) >= 11 is 0. The molecule has 0 aliphatic carbocycles. The quantitative estimate of drug-likeness (QED) is 0.942. The Hall–Kier alpha value is -2.20. The summed E-state index contributed by atoms with van der Waals surface area (Å²) in [7, 11) is 5.07. The van der Waals surface area contributed by atoms with Gasteiger partial charge in [0.2, 0.25) is 0 Å². The van der Waals surface area contributed by atoms with E-state index in [-0.39, 0.29) is 6.04 Å². The molecule has 4 heteroatoms. The molecule has 2 aromatic rings. The minimum atomic E-state index is 0.138. The molecule has 1 atom stereocenters. The third-order valence-corrected chi connectivity index (χ3v) is 4.16. The molecule has 1 heterocycles. The molecule has 0 bridgehead atoms. The Morgan fingerprint density at radius 2 is 1.64 bits per heavy atom. The number of methoxy groups -OCH3 is 3. The van der Waals surface area contributed by atoms with Crippen molar-refractivity contribution >= 4 is 0 Å². The highest BCUT2D eigenvalue weighted by molar-refractivity contribution is 5.52. The first-order valence-corrected chi connectivity index (χ1v) is 7.39. The van der Waals surface area contributed by atoms with E-state index in [2.05, 4.69) is 23.5 Å². The van der Waals surface area contributed by atoms with E-state index >= 15 is 0 Å². The van der Waals surface area contributed by atoms with E-state index in [1.165, 1.54) is 16.7 Å². The van der Waals surface area contributed by atoms with Crippen LogP contribution in [0.5, 0.6) is 17.2 Å². The first-order valence-electron chi connectivity index (χ1n) is 7.39. The molecule has 1 aliphatic rings. The van der Waals surface area contributed by atoms with E-state index in [1.54, 1.807) is 21.3 Å². The second kappa shape index (κ2) is 6.28. The van der Waals surface area contributed by atoms with Crippen LogP contribution in [0.1, 0.15) is 22.7 Å². The predicted molar refractivity (Wildman–Crippen MR) is 86.1 cm³/mol. The Morgan fingerprint density at radius 3 is 2.27 bits per heavy atom. The molecule has 0 saturated carbocycles. The Balaban J connectivity index is 2.05. The maximum Gasteiger partial charge on any atom is 0.126 e. The van der Waals surface area contributed by atoms with E-state index in [1.807, 2.05) is 18.2 Å². The SMILES string of the molecule is COc1ccc(C2NCCc3c(OC)cc(OC)cc32)cc1. The highest BCUT2D eigenvalue weighted by atomic mass is 16.5. The summed E-state index contributed by atoms with van der Waals surface area (Å²) in [6.45, 7) is 0.923. The molecular weight excluding hydrogens is 278 g/mol. The van der Waals surface area contributed by atoms with Gasteiger partial charge in [-0.05, 0) is 35.7 Å². The van der Waals surface area contributed by atoms with E-state index in [0.29, 0.717) is 0 Å². The first kappa shape index (κ1) is 14.7. The van der Waals surface area contributed by atoms with Crippen molar-refractivity contribution in [2.24, 2.45) is 0 Å². The fourth-order valence-electron chi connectivity index (χ4n) is 3.01. The lowest BCUT2D eigenvalue weighted by Gasteiger charge is -2.29. The first-order chi connectivity index (χ1) is 10.8. The molecule has 22 heavy (non-hydrogen) atoms. The zero-order valence-corrected chi connectivity index (χ0v) is 13.2. The smallest absolute Gasteiger partial charge is 0.126 e. The summed E-state index contributed by atoms with van der Waals surface area (Å²) in [5, 5.41) is 3.58. The largest absolute Gasteiger partial charge is 0.497 e. The molecule has 0 fully saturated rings. The maximum absolute atomic E-state index is 5.55. The minimum Gasteiger partial charge on any atom is -0.497 e. The summed E-state index contributed by atoms with van der Waals surface area (Å²) in [6, 6.07) is 12.4. The molecule has 1 unspecified atom stereocenters. The third kappa shape index (κ3) is 2.62. The normalized spacial score (nSPS) is 16.8. The molecule has 0 saturated heterocycles.